The Morgan fingerprint density at radius 2 is 1.33 bits per heavy atom. The number of aromatic amines is 2. The van der Waals surface area contributed by atoms with Gasteiger partial charge in [0.15, 0.2) is 0 Å². The first kappa shape index (κ1) is 42.4. The third-order valence-corrected chi connectivity index (χ3v) is 12.5. The highest BCUT2D eigenvalue weighted by molar-refractivity contribution is 7.84. The van der Waals surface area contributed by atoms with Crippen LogP contribution in [0.3, 0.4) is 0 Å². The largest absolute Gasteiger partial charge is 0.453 e. The van der Waals surface area contributed by atoms with Crippen LogP contribution in [0.15, 0.2) is 54.7 Å². The van der Waals surface area contributed by atoms with Crippen molar-refractivity contribution in [1.82, 2.24) is 40.4 Å². The number of H-pyrrole nitrogens is 2. The number of aromatic nitrogens is 4. The molecule has 0 aliphatic carbocycles. The van der Waals surface area contributed by atoms with Crippen molar-refractivity contribution in [2.75, 3.05) is 33.6 Å². The highest BCUT2D eigenvalue weighted by Gasteiger charge is 2.43. The molecule has 6 rings (SSSR count). The van der Waals surface area contributed by atoms with Crippen molar-refractivity contribution in [3.63, 3.8) is 0 Å². The van der Waals surface area contributed by atoms with Crippen LogP contribution in [0.5, 0.6) is 0 Å². The zero-order chi connectivity index (χ0) is 41.8. The summed E-state index contributed by atoms with van der Waals surface area (Å²) < 4.78 is 22.1. The molecule has 0 saturated carbocycles. The van der Waals surface area contributed by atoms with Crippen LogP contribution in [-0.2, 0) is 29.9 Å². The number of methoxy groups -OCH3 is 2. The van der Waals surface area contributed by atoms with Gasteiger partial charge in [-0.1, -0.05) is 87.8 Å². The van der Waals surface area contributed by atoms with Crippen molar-refractivity contribution in [2.45, 2.75) is 76.4 Å². The maximum absolute atomic E-state index is 13.8. The maximum Gasteiger partial charge on any atom is 0.407 e. The van der Waals surface area contributed by atoms with E-state index >= 15 is 0 Å². The van der Waals surface area contributed by atoms with Gasteiger partial charge < -0.3 is 39.9 Å². The number of benzene rings is 2. The smallest absolute Gasteiger partial charge is 0.407 e. The molecule has 4 amide bonds. The van der Waals surface area contributed by atoms with E-state index in [4.69, 9.17) is 26.1 Å². The number of ether oxygens (including phenoxy) is 2. The molecule has 17 heteroatoms. The van der Waals surface area contributed by atoms with Gasteiger partial charge in [0.1, 0.15) is 34.6 Å². The van der Waals surface area contributed by atoms with E-state index in [1.54, 1.807) is 22.3 Å². The van der Waals surface area contributed by atoms with Crippen LogP contribution in [0.2, 0.25) is 5.15 Å². The van der Waals surface area contributed by atoms with Gasteiger partial charge in [0.25, 0.3) is 0 Å². The molecule has 15 nitrogen and oxygen atoms in total. The predicted molar refractivity (Wildman–Crippen MR) is 221 cm³/mol. The molecule has 4 aromatic rings. The van der Waals surface area contributed by atoms with Crippen LogP contribution in [0.25, 0.3) is 33.6 Å². The monoisotopic (exact) mass is 834 g/mol. The van der Waals surface area contributed by atoms with Gasteiger partial charge in [-0.15, -0.1) is 0 Å². The maximum atomic E-state index is 13.8. The lowest BCUT2D eigenvalue weighted by molar-refractivity contribution is -0.136. The standard InChI is InChI=1S/C41H51ClN8O7S/c1-22(2)32(46-40(53)56-5)38(51)49-18-8-9-30(49)36-43-20-29(44-36)26-14-10-24(11-15-26)25-12-16-27(17-13-25)34-35(42)48-37(45-34)31-19-28(58(7)55)21-50(31)39(52)33(23(3)4)47-41(54)57-6/h10-17,20,22-23,28,30-33H,8-9,18-19,21H2,1-7H3,(H,43,44)(H,45,48)(H,46,53)(H,47,54)/t28-,30-,31-,32-,33?,58?/m0/s1. The number of halogens is 1. The quantitative estimate of drug-likeness (QED) is 0.128. The summed E-state index contributed by atoms with van der Waals surface area (Å²) in [5.41, 5.74) is 5.04. The van der Waals surface area contributed by atoms with E-state index in [0.717, 1.165) is 40.8 Å². The molecule has 2 aliphatic rings. The first-order chi connectivity index (χ1) is 27.7. The molecule has 4 N–H and O–H groups in total. The van der Waals surface area contributed by atoms with Gasteiger partial charge >= 0.3 is 12.2 Å². The Kier molecular flexibility index (Phi) is 13.3. The predicted octanol–water partition coefficient (Wildman–Crippen LogP) is 6.23. The van der Waals surface area contributed by atoms with Gasteiger partial charge in [0, 0.05) is 35.7 Å². The number of alkyl carbamates (subject to hydrolysis) is 2. The van der Waals surface area contributed by atoms with E-state index in [1.165, 1.54) is 14.2 Å². The van der Waals surface area contributed by atoms with Crippen LogP contribution in [-0.4, -0.2) is 109 Å². The summed E-state index contributed by atoms with van der Waals surface area (Å²) >= 11 is 6.73. The number of carbonyl (C=O) groups is 4. The lowest BCUT2D eigenvalue weighted by Crippen LogP contribution is -2.51. The molecule has 2 saturated heterocycles. The summed E-state index contributed by atoms with van der Waals surface area (Å²) in [4.78, 5) is 70.9. The first-order valence-corrected chi connectivity index (χ1v) is 21.3. The minimum Gasteiger partial charge on any atom is -0.453 e. The second-order valence-electron chi connectivity index (χ2n) is 15.4. The molecule has 2 unspecified atom stereocenters. The van der Waals surface area contributed by atoms with Crippen molar-refractivity contribution in [1.29, 1.82) is 0 Å². The number of carbonyl (C=O) groups excluding carboxylic acids is 4. The molecule has 58 heavy (non-hydrogen) atoms. The van der Waals surface area contributed by atoms with Crippen LogP contribution < -0.4 is 10.6 Å². The van der Waals surface area contributed by atoms with Crippen molar-refractivity contribution >= 4 is 46.4 Å². The number of hydrogen-bond acceptors (Lipinski definition) is 9. The van der Waals surface area contributed by atoms with Gasteiger partial charge in [0.05, 0.1) is 43.4 Å². The molecule has 6 atom stereocenters. The number of nitrogens with zero attached hydrogens (tertiary/aromatic N) is 4. The Bertz CT molecular complexity index is 2140. The Morgan fingerprint density at radius 3 is 1.86 bits per heavy atom. The molecule has 0 radical (unpaired) electrons. The number of amides is 4. The second-order valence-corrected chi connectivity index (χ2v) is 17.4. The fourth-order valence-electron chi connectivity index (χ4n) is 7.65. The molecule has 4 heterocycles. The van der Waals surface area contributed by atoms with Crippen molar-refractivity contribution in [3.8, 4) is 33.6 Å². The number of hydrogen-bond donors (Lipinski definition) is 4. The lowest BCUT2D eigenvalue weighted by atomic mass is 10.0. The molecule has 2 aliphatic heterocycles. The van der Waals surface area contributed by atoms with Gasteiger partial charge in [-0.05, 0) is 47.8 Å². The summed E-state index contributed by atoms with van der Waals surface area (Å²) in [6, 6.07) is 13.6. The van der Waals surface area contributed by atoms with Crippen LogP contribution in [0.1, 0.15) is 70.7 Å². The normalized spacial score (nSPS) is 19.6. The van der Waals surface area contributed by atoms with E-state index in [0.29, 0.717) is 35.5 Å². The molecular formula is C41H51ClN8O7S. The average molecular weight is 835 g/mol. The fourth-order valence-corrected chi connectivity index (χ4v) is 8.72. The van der Waals surface area contributed by atoms with Crippen molar-refractivity contribution in [3.05, 3.63) is 71.5 Å². The zero-order valence-electron chi connectivity index (χ0n) is 33.7. The van der Waals surface area contributed by atoms with Gasteiger partial charge in [-0.2, -0.15) is 0 Å². The Morgan fingerprint density at radius 1 is 0.793 bits per heavy atom. The van der Waals surface area contributed by atoms with Crippen LogP contribution >= 0.6 is 11.6 Å². The SMILES string of the molecule is COC(=O)NC(C(=O)N1C[C@@H](S(C)=O)C[C@H]1c1nc(-c2ccc(-c3ccc(-c4cnc([C@@H]5CCCN5C(=O)[C@@H](NC(=O)OC)C(C)C)[nH]4)cc3)cc2)c(Cl)[nH]1)C(C)C. The summed E-state index contributed by atoms with van der Waals surface area (Å²) in [5.74, 6) is 0.360. The van der Waals surface area contributed by atoms with Gasteiger partial charge in [0.2, 0.25) is 11.8 Å². The van der Waals surface area contributed by atoms with E-state index in [2.05, 4.69) is 25.6 Å². The Hall–Kier alpha value is -5.22. The number of nitrogens with one attached hydrogen (secondary N) is 4. The molecule has 0 spiro atoms. The first-order valence-electron chi connectivity index (χ1n) is 19.3. The third-order valence-electron chi connectivity index (χ3n) is 10.9. The minimum absolute atomic E-state index is 0.121. The minimum atomic E-state index is -1.20. The molecule has 2 aromatic carbocycles. The van der Waals surface area contributed by atoms with Crippen LogP contribution in [0.4, 0.5) is 9.59 Å². The highest BCUT2D eigenvalue weighted by Crippen LogP contribution is 2.38. The molecular weight excluding hydrogens is 784 g/mol. The molecule has 2 aromatic heterocycles. The Labute approximate surface area is 345 Å². The van der Waals surface area contributed by atoms with Crippen LogP contribution in [0, 0.1) is 11.8 Å². The topological polar surface area (TPSA) is 192 Å². The zero-order valence-corrected chi connectivity index (χ0v) is 35.3. The molecule has 0 bridgehead atoms. The summed E-state index contributed by atoms with van der Waals surface area (Å²) in [6.07, 6.45) is 4.07. The summed E-state index contributed by atoms with van der Waals surface area (Å²) in [6.45, 7) is 8.27. The second kappa shape index (κ2) is 18.1. The summed E-state index contributed by atoms with van der Waals surface area (Å²) in [7, 11) is 1.33. The van der Waals surface area contributed by atoms with Gasteiger partial charge in [-0.25, -0.2) is 19.6 Å². The fraction of sp³-hybridized carbons (Fsp3) is 0.463. The van der Waals surface area contributed by atoms with E-state index in [-0.39, 0.29) is 41.5 Å². The summed E-state index contributed by atoms with van der Waals surface area (Å²) in [5, 5.41) is 5.37. The van der Waals surface area contributed by atoms with Crippen molar-refractivity contribution in [2.24, 2.45) is 11.8 Å². The number of rotatable bonds is 12. The van der Waals surface area contributed by atoms with E-state index in [9.17, 15) is 23.4 Å². The third kappa shape index (κ3) is 9.07. The van der Waals surface area contributed by atoms with E-state index in [1.807, 2.05) is 76.2 Å². The van der Waals surface area contributed by atoms with Crippen molar-refractivity contribution < 1.29 is 32.9 Å². The van der Waals surface area contributed by atoms with Gasteiger partial charge in [-0.3, -0.25) is 13.8 Å². The van der Waals surface area contributed by atoms with E-state index < -0.39 is 41.1 Å². The number of likely N-dealkylation sites (tertiary alicyclic amines) is 2. The Balaban J connectivity index is 1.15. The highest BCUT2D eigenvalue weighted by atomic mass is 35.5. The molecule has 2 fully saturated rings. The lowest BCUT2D eigenvalue weighted by Gasteiger charge is -2.30. The average Bonchev–Trinajstić information content (AvgIpc) is 4.04. The number of imidazole rings is 2. The molecule has 310 valence electrons.